The van der Waals surface area contributed by atoms with E-state index in [0.717, 1.165) is 16.7 Å². The summed E-state index contributed by atoms with van der Waals surface area (Å²) >= 11 is 0. The second kappa shape index (κ2) is 7.53. The topological polar surface area (TPSA) is 76.9 Å². The van der Waals surface area contributed by atoms with E-state index in [2.05, 4.69) is 15.3 Å². The summed E-state index contributed by atoms with van der Waals surface area (Å²) in [7, 11) is 0. The lowest BCUT2D eigenvalue weighted by molar-refractivity contribution is -0.121. The van der Waals surface area contributed by atoms with Crippen LogP contribution in [0.25, 0.3) is 11.3 Å². The minimum atomic E-state index is -0.262. The minimum absolute atomic E-state index is 0.0692. The van der Waals surface area contributed by atoms with Gasteiger partial charge in [-0.25, -0.2) is 4.98 Å². The molecule has 126 valence electrons. The van der Waals surface area contributed by atoms with Gasteiger partial charge < -0.3 is 5.32 Å². The molecule has 0 saturated heterocycles. The van der Waals surface area contributed by atoms with Crippen LogP contribution in [-0.4, -0.2) is 20.4 Å². The molecular weight excluding hydrogens is 316 g/mol. The monoisotopic (exact) mass is 334 g/mol. The lowest BCUT2D eigenvalue weighted by Gasteiger charge is -2.08. The van der Waals surface area contributed by atoms with Gasteiger partial charge in [-0.2, -0.15) is 0 Å². The summed E-state index contributed by atoms with van der Waals surface area (Å²) in [5.41, 5.74) is 3.24. The van der Waals surface area contributed by atoms with Crippen LogP contribution in [0.3, 0.4) is 0 Å². The number of hydrogen-bond donors (Lipinski definition) is 1. The highest BCUT2D eigenvalue weighted by Crippen LogP contribution is 2.15. The lowest BCUT2D eigenvalue weighted by Crippen LogP contribution is -2.31. The van der Waals surface area contributed by atoms with Gasteiger partial charge in [0.05, 0.1) is 12.0 Å². The van der Waals surface area contributed by atoms with E-state index in [9.17, 15) is 9.59 Å². The van der Waals surface area contributed by atoms with Crippen LogP contribution >= 0.6 is 0 Å². The van der Waals surface area contributed by atoms with Gasteiger partial charge in [-0.15, -0.1) is 0 Å². The molecule has 3 rings (SSSR count). The van der Waals surface area contributed by atoms with Gasteiger partial charge in [0, 0.05) is 30.6 Å². The Morgan fingerprint density at radius 2 is 2.00 bits per heavy atom. The molecule has 1 amide bonds. The normalized spacial score (nSPS) is 10.4. The molecule has 0 atom stereocenters. The van der Waals surface area contributed by atoms with E-state index in [-0.39, 0.29) is 18.0 Å². The molecule has 0 saturated carbocycles. The number of carbonyl (C=O) groups is 1. The van der Waals surface area contributed by atoms with E-state index in [1.54, 1.807) is 18.5 Å². The van der Waals surface area contributed by atoms with E-state index < -0.39 is 0 Å². The van der Waals surface area contributed by atoms with Crippen molar-refractivity contribution in [3.8, 4) is 11.3 Å². The number of pyridine rings is 1. The molecule has 0 aliphatic carbocycles. The third kappa shape index (κ3) is 4.38. The number of benzene rings is 1. The van der Waals surface area contributed by atoms with Crippen molar-refractivity contribution in [2.45, 2.75) is 20.0 Å². The number of carbonyl (C=O) groups excluding carboxylic acids is 1. The van der Waals surface area contributed by atoms with E-state index in [1.165, 1.54) is 17.0 Å². The fourth-order valence-corrected chi connectivity index (χ4v) is 2.34. The largest absolute Gasteiger partial charge is 0.350 e. The zero-order valence-corrected chi connectivity index (χ0v) is 13.8. The van der Waals surface area contributed by atoms with Crippen molar-refractivity contribution in [2.24, 2.45) is 0 Å². The fraction of sp³-hybridized carbons (Fsp3) is 0.158. The summed E-state index contributed by atoms with van der Waals surface area (Å²) in [5.74, 6) is -0.254. The first-order chi connectivity index (χ1) is 12.1. The van der Waals surface area contributed by atoms with Gasteiger partial charge in [0.15, 0.2) is 0 Å². The lowest BCUT2D eigenvalue weighted by atomic mass is 10.1. The number of nitrogens with zero attached hydrogens (tertiary/aromatic N) is 3. The third-order valence-corrected chi connectivity index (χ3v) is 3.75. The molecule has 6 heteroatoms. The SMILES string of the molecule is Cc1ccc(-c2cc(=O)n(CC(=O)NCc3cccnc3)cn2)cc1. The Morgan fingerprint density at radius 3 is 2.68 bits per heavy atom. The van der Waals surface area contributed by atoms with Crippen molar-refractivity contribution >= 4 is 5.91 Å². The molecule has 3 aromatic rings. The maximum absolute atomic E-state index is 12.2. The van der Waals surface area contributed by atoms with Gasteiger partial charge in [-0.05, 0) is 18.6 Å². The Bertz CT molecular complexity index is 918. The summed E-state index contributed by atoms with van der Waals surface area (Å²) in [6.45, 7) is 2.30. The number of aryl methyl sites for hydroxylation is 1. The Labute approximate surface area is 145 Å². The molecule has 0 aliphatic heterocycles. The molecular formula is C19H18N4O2. The standard InChI is InChI=1S/C19H18N4O2/c1-14-4-6-16(7-5-14)17-9-19(25)23(13-22-17)12-18(24)21-11-15-3-2-8-20-10-15/h2-10,13H,11-12H2,1H3,(H,21,24). The highest BCUT2D eigenvalue weighted by atomic mass is 16.2. The van der Waals surface area contributed by atoms with Crippen LogP contribution in [0, 0.1) is 6.92 Å². The molecule has 6 nitrogen and oxygen atoms in total. The smallest absolute Gasteiger partial charge is 0.254 e. The highest BCUT2D eigenvalue weighted by Gasteiger charge is 2.07. The predicted molar refractivity (Wildman–Crippen MR) is 94.8 cm³/mol. The fourth-order valence-electron chi connectivity index (χ4n) is 2.34. The molecule has 25 heavy (non-hydrogen) atoms. The Balaban J connectivity index is 1.66. The number of hydrogen-bond acceptors (Lipinski definition) is 4. The first-order valence-electron chi connectivity index (χ1n) is 7.91. The van der Waals surface area contributed by atoms with Crippen LogP contribution in [0.4, 0.5) is 0 Å². The van der Waals surface area contributed by atoms with Gasteiger partial charge >= 0.3 is 0 Å². The highest BCUT2D eigenvalue weighted by molar-refractivity contribution is 5.75. The quantitative estimate of drug-likeness (QED) is 0.773. The Morgan fingerprint density at radius 1 is 1.20 bits per heavy atom. The summed E-state index contributed by atoms with van der Waals surface area (Å²) in [5, 5.41) is 2.76. The second-order valence-corrected chi connectivity index (χ2v) is 5.74. The van der Waals surface area contributed by atoms with Crippen LogP contribution in [0.2, 0.25) is 0 Å². The van der Waals surface area contributed by atoms with Crippen molar-refractivity contribution < 1.29 is 4.79 Å². The van der Waals surface area contributed by atoms with E-state index in [4.69, 9.17) is 0 Å². The summed E-state index contributed by atoms with van der Waals surface area (Å²) in [4.78, 5) is 32.5. The third-order valence-electron chi connectivity index (χ3n) is 3.75. The van der Waals surface area contributed by atoms with Crippen LogP contribution in [0.1, 0.15) is 11.1 Å². The number of rotatable bonds is 5. The van der Waals surface area contributed by atoms with Crippen molar-refractivity contribution in [2.75, 3.05) is 0 Å². The first kappa shape index (κ1) is 16.6. The van der Waals surface area contributed by atoms with Gasteiger partial charge in [0.2, 0.25) is 5.91 Å². The average molecular weight is 334 g/mol. The average Bonchev–Trinajstić information content (AvgIpc) is 2.63. The zero-order chi connectivity index (χ0) is 17.6. The molecule has 0 unspecified atom stereocenters. The minimum Gasteiger partial charge on any atom is -0.350 e. The van der Waals surface area contributed by atoms with Gasteiger partial charge in [0.1, 0.15) is 6.54 Å². The van der Waals surface area contributed by atoms with Crippen LogP contribution in [0.15, 0.2) is 66.0 Å². The molecule has 1 aromatic carbocycles. The molecule has 0 bridgehead atoms. The molecule has 1 N–H and O–H groups in total. The van der Waals surface area contributed by atoms with Crippen LogP contribution in [0.5, 0.6) is 0 Å². The van der Waals surface area contributed by atoms with Crippen molar-refractivity contribution in [3.63, 3.8) is 0 Å². The zero-order valence-electron chi connectivity index (χ0n) is 13.8. The molecule has 0 fully saturated rings. The van der Waals surface area contributed by atoms with E-state index in [0.29, 0.717) is 12.2 Å². The Hall–Kier alpha value is -3.28. The van der Waals surface area contributed by atoms with Crippen LogP contribution < -0.4 is 10.9 Å². The van der Waals surface area contributed by atoms with Crippen molar-refractivity contribution in [3.05, 3.63) is 82.7 Å². The summed E-state index contributed by atoms with van der Waals surface area (Å²) in [6.07, 6.45) is 4.76. The summed E-state index contributed by atoms with van der Waals surface area (Å²) in [6, 6.07) is 12.9. The van der Waals surface area contributed by atoms with Gasteiger partial charge in [-0.1, -0.05) is 35.9 Å². The number of aromatic nitrogens is 3. The van der Waals surface area contributed by atoms with Crippen LogP contribution in [-0.2, 0) is 17.9 Å². The van der Waals surface area contributed by atoms with E-state index in [1.807, 2.05) is 37.3 Å². The predicted octanol–water partition coefficient (Wildman–Crippen LogP) is 1.93. The molecule has 0 spiro atoms. The van der Waals surface area contributed by atoms with Gasteiger partial charge in [-0.3, -0.25) is 19.1 Å². The maximum Gasteiger partial charge on any atom is 0.254 e. The first-order valence-corrected chi connectivity index (χ1v) is 7.91. The van der Waals surface area contributed by atoms with Crippen molar-refractivity contribution in [1.82, 2.24) is 19.9 Å². The Kier molecular flexibility index (Phi) is 4.99. The number of nitrogens with one attached hydrogen (secondary N) is 1. The van der Waals surface area contributed by atoms with E-state index >= 15 is 0 Å². The number of amides is 1. The van der Waals surface area contributed by atoms with Crippen molar-refractivity contribution in [1.29, 1.82) is 0 Å². The molecule has 2 aromatic heterocycles. The molecule has 2 heterocycles. The van der Waals surface area contributed by atoms with Gasteiger partial charge in [0.25, 0.3) is 5.56 Å². The molecule has 0 aliphatic rings. The summed E-state index contributed by atoms with van der Waals surface area (Å²) < 4.78 is 1.29. The molecule has 0 radical (unpaired) electrons. The maximum atomic E-state index is 12.2. The second-order valence-electron chi connectivity index (χ2n) is 5.74.